The van der Waals surface area contributed by atoms with Crippen molar-refractivity contribution in [1.29, 1.82) is 0 Å². The number of anilines is 1. The highest BCUT2D eigenvalue weighted by Crippen LogP contribution is 2.11. The van der Waals surface area contributed by atoms with Crippen molar-refractivity contribution in [1.82, 2.24) is 0 Å². The fourth-order valence-corrected chi connectivity index (χ4v) is 3.05. The van der Waals surface area contributed by atoms with E-state index in [2.05, 4.69) is 53.5 Å². The van der Waals surface area contributed by atoms with Crippen molar-refractivity contribution in [2.45, 2.75) is 25.8 Å². The van der Waals surface area contributed by atoms with Crippen LogP contribution in [0.15, 0.2) is 77.8 Å². The molecule has 0 bridgehead atoms. The van der Waals surface area contributed by atoms with E-state index in [0.29, 0.717) is 18.9 Å². The van der Waals surface area contributed by atoms with Gasteiger partial charge < -0.3 is 17.2 Å². The summed E-state index contributed by atoms with van der Waals surface area (Å²) in [4.78, 5) is 4.50. The summed E-state index contributed by atoms with van der Waals surface area (Å²) in [6.45, 7) is 1.25. The van der Waals surface area contributed by atoms with E-state index in [4.69, 9.17) is 17.2 Å². The number of aryl methyl sites for hydroxylation is 2. The van der Waals surface area contributed by atoms with Gasteiger partial charge in [-0.05, 0) is 53.6 Å². The number of hydrogen-bond acceptors (Lipinski definition) is 3. The number of rotatable bonds is 8. The molecule has 0 aromatic heterocycles. The van der Waals surface area contributed by atoms with Gasteiger partial charge in [-0.1, -0.05) is 60.7 Å². The first-order chi connectivity index (χ1) is 13.6. The summed E-state index contributed by atoms with van der Waals surface area (Å²) in [7, 11) is 0. The molecule has 0 saturated carbocycles. The van der Waals surface area contributed by atoms with Gasteiger partial charge in [-0.3, -0.25) is 4.99 Å². The van der Waals surface area contributed by atoms with Crippen LogP contribution in [0.4, 0.5) is 5.69 Å². The highest BCUT2D eigenvalue weighted by molar-refractivity contribution is 5.97. The summed E-state index contributed by atoms with van der Waals surface area (Å²) in [5.41, 5.74) is 24.2. The van der Waals surface area contributed by atoms with Gasteiger partial charge in [0, 0.05) is 24.3 Å². The standard InChI is InChI=1S/C24H28N4/c25-17-21-5-3-18(4-6-21)1-2-19-7-11-22(12-8-19)24(27)28-16-15-20-9-13-23(26)14-10-20/h3-14H,1-2,15-17,25-26H2,(H2,27,28). The second-order valence-corrected chi connectivity index (χ2v) is 6.98. The number of hydrogen-bond donors (Lipinski definition) is 3. The fraction of sp³-hybridized carbons (Fsp3) is 0.208. The molecule has 0 aliphatic carbocycles. The van der Waals surface area contributed by atoms with Gasteiger partial charge in [0.2, 0.25) is 0 Å². The van der Waals surface area contributed by atoms with E-state index < -0.39 is 0 Å². The Morgan fingerprint density at radius 3 is 1.68 bits per heavy atom. The predicted octanol–water partition coefficient (Wildman–Crippen LogP) is 3.46. The van der Waals surface area contributed by atoms with Gasteiger partial charge in [0.1, 0.15) is 5.84 Å². The van der Waals surface area contributed by atoms with Crippen LogP contribution in [0, 0.1) is 0 Å². The van der Waals surface area contributed by atoms with E-state index in [1.807, 2.05) is 24.3 Å². The summed E-state index contributed by atoms with van der Waals surface area (Å²) in [5, 5.41) is 0. The van der Waals surface area contributed by atoms with Crippen LogP contribution in [-0.4, -0.2) is 12.4 Å². The number of nitrogen functional groups attached to an aromatic ring is 1. The molecule has 0 atom stereocenters. The van der Waals surface area contributed by atoms with Crippen molar-refractivity contribution >= 4 is 11.5 Å². The normalized spacial score (nSPS) is 11.5. The molecule has 4 heteroatoms. The summed E-state index contributed by atoms with van der Waals surface area (Å²) < 4.78 is 0. The van der Waals surface area contributed by atoms with E-state index in [0.717, 1.165) is 30.5 Å². The molecular formula is C24H28N4. The Bertz CT molecular complexity index is 895. The number of nitrogens with two attached hydrogens (primary N) is 3. The summed E-state index contributed by atoms with van der Waals surface area (Å²) >= 11 is 0. The van der Waals surface area contributed by atoms with Crippen LogP contribution in [0.25, 0.3) is 0 Å². The molecule has 0 unspecified atom stereocenters. The van der Waals surface area contributed by atoms with Crippen LogP contribution in [0.2, 0.25) is 0 Å². The van der Waals surface area contributed by atoms with Crippen LogP contribution in [0.5, 0.6) is 0 Å². The zero-order valence-electron chi connectivity index (χ0n) is 16.1. The van der Waals surface area contributed by atoms with Crippen LogP contribution < -0.4 is 17.2 Å². The first-order valence-electron chi connectivity index (χ1n) is 9.65. The largest absolute Gasteiger partial charge is 0.399 e. The third kappa shape index (κ3) is 5.69. The monoisotopic (exact) mass is 372 g/mol. The van der Waals surface area contributed by atoms with E-state index >= 15 is 0 Å². The average Bonchev–Trinajstić information content (AvgIpc) is 2.74. The molecule has 3 aromatic carbocycles. The quantitative estimate of drug-likeness (QED) is 0.321. The second kappa shape index (κ2) is 9.72. The van der Waals surface area contributed by atoms with Crippen molar-refractivity contribution in [2.75, 3.05) is 12.3 Å². The first kappa shape index (κ1) is 19.6. The van der Waals surface area contributed by atoms with Gasteiger partial charge in [0.05, 0.1) is 0 Å². The number of benzene rings is 3. The minimum atomic E-state index is 0.583. The third-order valence-corrected chi connectivity index (χ3v) is 4.87. The van der Waals surface area contributed by atoms with Gasteiger partial charge in [-0.2, -0.15) is 0 Å². The maximum absolute atomic E-state index is 6.15. The van der Waals surface area contributed by atoms with Crippen molar-refractivity contribution < 1.29 is 0 Å². The molecule has 0 spiro atoms. The smallest absolute Gasteiger partial charge is 0.125 e. The summed E-state index contributed by atoms with van der Waals surface area (Å²) in [5.74, 6) is 0.583. The predicted molar refractivity (Wildman–Crippen MR) is 118 cm³/mol. The van der Waals surface area contributed by atoms with Gasteiger partial charge in [0.25, 0.3) is 0 Å². The lowest BCUT2D eigenvalue weighted by molar-refractivity contribution is 0.954. The van der Waals surface area contributed by atoms with Crippen LogP contribution in [-0.2, 0) is 25.8 Å². The lowest BCUT2D eigenvalue weighted by Gasteiger charge is -2.06. The Labute approximate surface area is 167 Å². The second-order valence-electron chi connectivity index (χ2n) is 6.98. The molecule has 6 N–H and O–H groups in total. The topological polar surface area (TPSA) is 90.4 Å². The molecule has 0 aliphatic rings. The Morgan fingerprint density at radius 1 is 0.643 bits per heavy atom. The zero-order chi connectivity index (χ0) is 19.8. The molecule has 144 valence electrons. The van der Waals surface area contributed by atoms with Crippen LogP contribution in [0.1, 0.15) is 27.8 Å². The highest BCUT2D eigenvalue weighted by atomic mass is 14.8. The van der Waals surface area contributed by atoms with E-state index in [-0.39, 0.29) is 0 Å². The van der Waals surface area contributed by atoms with Gasteiger partial charge in [-0.25, -0.2) is 0 Å². The van der Waals surface area contributed by atoms with E-state index in [9.17, 15) is 0 Å². The van der Waals surface area contributed by atoms with E-state index in [1.54, 1.807) is 0 Å². The molecule has 28 heavy (non-hydrogen) atoms. The molecule has 0 aliphatic heterocycles. The van der Waals surface area contributed by atoms with Gasteiger partial charge in [-0.15, -0.1) is 0 Å². The van der Waals surface area contributed by atoms with Gasteiger partial charge in [0.15, 0.2) is 0 Å². The highest BCUT2D eigenvalue weighted by Gasteiger charge is 2.01. The SMILES string of the molecule is NCc1ccc(CCc2ccc(C(N)=NCCc3ccc(N)cc3)cc2)cc1. The molecule has 0 saturated heterocycles. The fourth-order valence-electron chi connectivity index (χ4n) is 3.05. The van der Waals surface area contributed by atoms with Crippen molar-refractivity contribution in [3.05, 3.63) is 101 Å². The molecule has 3 aromatic rings. The molecule has 0 radical (unpaired) electrons. The Balaban J connectivity index is 1.51. The van der Waals surface area contributed by atoms with Gasteiger partial charge >= 0.3 is 0 Å². The Hall–Kier alpha value is -3.11. The molecule has 0 fully saturated rings. The molecule has 3 rings (SSSR count). The summed E-state index contributed by atoms with van der Waals surface area (Å²) in [6.07, 6.45) is 2.85. The molecule has 0 heterocycles. The van der Waals surface area contributed by atoms with Crippen molar-refractivity contribution in [3.63, 3.8) is 0 Å². The molecular weight excluding hydrogens is 344 g/mol. The van der Waals surface area contributed by atoms with Crippen LogP contribution >= 0.6 is 0 Å². The lowest BCUT2D eigenvalue weighted by atomic mass is 10.0. The summed E-state index contributed by atoms with van der Waals surface area (Å²) in [6, 6.07) is 24.7. The minimum Gasteiger partial charge on any atom is -0.399 e. The maximum atomic E-state index is 6.15. The van der Waals surface area contributed by atoms with E-state index in [1.165, 1.54) is 22.3 Å². The number of amidine groups is 1. The lowest BCUT2D eigenvalue weighted by Crippen LogP contribution is -2.14. The average molecular weight is 373 g/mol. The molecule has 0 amide bonds. The first-order valence-corrected chi connectivity index (χ1v) is 9.65. The third-order valence-electron chi connectivity index (χ3n) is 4.87. The number of aliphatic imine (C=N–C) groups is 1. The molecule has 4 nitrogen and oxygen atoms in total. The number of nitrogens with zero attached hydrogens (tertiary/aromatic N) is 1. The maximum Gasteiger partial charge on any atom is 0.125 e. The van der Waals surface area contributed by atoms with Crippen LogP contribution in [0.3, 0.4) is 0 Å². The Kier molecular flexibility index (Phi) is 6.82. The Morgan fingerprint density at radius 2 is 1.11 bits per heavy atom. The minimum absolute atomic E-state index is 0.583. The van der Waals surface area contributed by atoms with Crippen molar-refractivity contribution in [3.8, 4) is 0 Å². The van der Waals surface area contributed by atoms with Crippen molar-refractivity contribution in [2.24, 2.45) is 16.5 Å². The zero-order valence-corrected chi connectivity index (χ0v) is 16.1.